The Morgan fingerprint density at radius 1 is 0.223 bits per heavy atom. The van der Waals surface area contributed by atoms with Crippen LogP contribution >= 0.6 is 0 Å². The van der Waals surface area contributed by atoms with Crippen LogP contribution in [0.4, 0.5) is 0 Å². The van der Waals surface area contributed by atoms with Crippen LogP contribution < -0.4 is 0 Å². The number of para-hydroxylation sites is 4. The number of hydrogen-bond acceptors (Lipinski definition) is 9. The van der Waals surface area contributed by atoms with Crippen molar-refractivity contribution in [3.63, 3.8) is 0 Å². The Morgan fingerprint density at radius 2 is 0.661 bits per heavy atom. The van der Waals surface area contributed by atoms with Crippen LogP contribution in [-0.2, 0) is 5.41 Å². The van der Waals surface area contributed by atoms with Crippen molar-refractivity contribution in [2.45, 2.75) is 19.3 Å². The van der Waals surface area contributed by atoms with Gasteiger partial charge in [0.15, 0.2) is 0 Å². The summed E-state index contributed by atoms with van der Waals surface area (Å²) in [6.45, 7) is 4.67. The second-order valence-electron chi connectivity index (χ2n) is 29.2. The molecular weight excluding hydrogens is 1370 g/mol. The Bertz CT molecular complexity index is 7430. The Kier molecular flexibility index (Phi) is 15.7. The SMILES string of the molecule is CC1(C)c2cc(-c3nc(-c4ccc5oc6ccccc6c5c4)cc4ncccc34)ccc2-c2cc3ccccc3cc21.c1ccc(-c2nc3ccc(-c4ccc5oc6ccccc6c5c4)cc3nc2-c2ccccc2)cc1.c1ccc(-c2nc3cccc(-c4ccc5oc6ccccc6c5c4)c3nc2-c2ccccc2)cc1. The minimum atomic E-state index is -0.121. The summed E-state index contributed by atoms with van der Waals surface area (Å²) in [4.78, 5) is 30.6. The van der Waals surface area contributed by atoms with E-state index in [4.69, 9.17) is 43.2 Å². The van der Waals surface area contributed by atoms with E-state index >= 15 is 0 Å². The summed E-state index contributed by atoms with van der Waals surface area (Å²) in [5.41, 5.74) is 31.2. The van der Waals surface area contributed by atoms with Gasteiger partial charge in [0, 0.05) is 88.3 Å². The van der Waals surface area contributed by atoms with Crippen molar-refractivity contribution in [2.75, 3.05) is 0 Å². The third-order valence-electron chi connectivity index (χ3n) is 22.0. The lowest BCUT2D eigenvalue weighted by Crippen LogP contribution is -2.15. The van der Waals surface area contributed by atoms with E-state index in [0.717, 1.165) is 189 Å². The van der Waals surface area contributed by atoms with E-state index in [0.29, 0.717) is 0 Å². The molecular formula is C103H66N6O3. The maximum absolute atomic E-state index is 6.09. The van der Waals surface area contributed by atoms with Gasteiger partial charge in [-0.15, -0.1) is 0 Å². The Morgan fingerprint density at radius 3 is 1.25 bits per heavy atom. The van der Waals surface area contributed by atoms with Crippen molar-refractivity contribution >= 4 is 110 Å². The van der Waals surface area contributed by atoms with E-state index in [1.165, 1.54) is 33.0 Å². The zero-order valence-electron chi connectivity index (χ0n) is 61.0. The number of nitrogens with zero attached hydrogens (tertiary/aromatic N) is 6. The van der Waals surface area contributed by atoms with Crippen molar-refractivity contribution in [2.24, 2.45) is 0 Å². The van der Waals surface area contributed by atoms with Gasteiger partial charge in [0.25, 0.3) is 0 Å². The van der Waals surface area contributed by atoms with E-state index in [9.17, 15) is 0 Å². The molecule has 15 aromatic carbocycles. The molecule has 7 heterocycles. The fourth-order valence-corrected chi connectivity index (χ4v) is 16.4. The first-order chi connectivity index (χ1) is 55.2. The molecule has 9 heteroatoms. The maximum atomic E-state index is 6.09. The molecule has 9 nitrogen and oxygen atoms in total. The van der Waals surface area contributed by atoms with E-state index in [2.05, 4.69) is 226 Å². The molecule has 0 spiro atoms. The van der Waals surface area contributed by atoms with Crippen LogP contribution in [-0.4, -0.2) is 29.9 Å². The molecule has 0 radical (unpaired) electrons. The average molecular weight is 1440 g/mol. The van der Waals surface area contributed by atoms with Gasteiger partial charge in [-0.25, -0.2) is 24.9 Å². The first kappa shape index (κ1) is 65.5. The molecule has 0 atom stereocenters. The van der Waals surface area contributed by atoms with E-state index in [1.54, 1.807) is 0 Å². The van der Waals surface area contributed by atoms with Crippen LogP contribution in [0.5, 0.6) is 0 Å². The summed E-state index contributed by atoms with van der Waals surface area (Å²) in [5, 5.41) is 10.3. The molecule has 0 N–H and O–H groups in total. The zero-order valence-corrected chi connectivity index (χ0v) is 61.0. The van der Waals surface area contributed by atoms with Crippen molar-refractivity contribution in [1.29, 1.82) is 0 Å². The first-order valence-corrected chi connectivity index (χ1v) is 37.8. The van der Waals surface area contributed by atoms with Crippen LogP contribution in [0.3, 0.4) is 0 Å². The average Bonchev–Trinajstić information content (AvgIpc) is 1.55. The molecule has 0 amide bonds. The fourth-order valence-electron chi connectivity index (χ4n) is 16.4. The Labute approximate surface area is 644 Å². The van der Waals surface area contributed by atoms with Crippen LogP contribution in [0.15, 0.2) is 377 Å². The topological polar surface area (TPSA) is 117 Å². The van der Waals surface area contributed by atoms with Gasteiger partial charge >= 0.3 is 0 Å². The van der Waals surface area contributed by atoms with Gasteiger partial charge in [-0.05, 0) is 165 Å². The summed E-state index contributed by atoms with van der Waals surface area (Å²) in [7, 11) is 0. The number of rotatable bonds is 8. The number of aromatic nitrogens is 6. The number of hydrogen-bond donors (Lipinski definition) is 0. The maximum Gasteiger partial charge on any atom is 0.135 e. The highest BCUT2D eigenvalue weighted by atomic mass is 16.3. The highest BCUT2D eigenvalue weighted by molar-refractivity contribution is 6.10. The second-order valence-corrected chi connectivity index (χ2v) is 29.2. The van der Waals surface area contributed by atoms with Gasteiger partial charge in [0.05, 0.1) is 61.7 Å². The number of benzene rings is 15. The van der Waals surface area contributed by atoms with Crippen LogP contribution in [0.1, 0.15) is 25.0 Å². The zero-order chi connectivity index (χ0) is 74.4. The van der Waals surface area contributed by atoms with Crippen molar-refractivity contribution in [3.05, 3.63) is 375 Å². The minimum absolute atomic E-state index is 0.121. The minimum Gasteiger partial charge on any atom is -0.456 e. The molecule has 22 aromatic rings. The van der Waals surface area contributed by atoms with Gasteiger partial charge in [-0.1, -0.05) is 257 Å². The molecule has 0 unspecified atom stereocenters. The summed E-state index contributed by atoms with van der Waals surface area (Å²) in [5.74, 6) is 0. The molecule has 0 saturated heterocycles. The molecule has 526 valence electrons. The van der Waals surface area contributed by atoms with E-state index in [1.807, 2.05) is 152 Å². The second kappa shape index (κ2) is 26.8. The van der Waals surface area contributed by atoms with Gasteiger partial charge in [-0.3, -0.25) is 4.98 Å². The quantitative estimate of drug-likeness (QED) is 0.147. The van der Waals surface area contributed by atoms with Gasteiger partial charge in [0.1, 0.15) is 33.5 Å². The van der Waals surface area contributed by atoms with E-state index < -0.39 is 0 Å². The smallest absolute Gasteiger partial charge is 0.135 e. The highest BCUT2D eigenvalue weighted by Gasteiger charge is 2.36. The largest absolute Gasteiger partial charge is 0.456 e. The Balaban J connectivity index is 0.000000107. The van der Waals surface area contributed by atoms with Crippen LogP contribution in [0, 0.1) is 0 Å². The van der Waals surface area contributed by atoms with Crippen molar-refractivity contribution < 1.29 is 13.3 Å². The van der Waals surface area contributed by atoms with E-state index in [-0.39, 0.29) is 5.41 Å². The molecule has 112 heavy (non-hydrogen) atoms. The van der Waals surface area contributed by atoms with Crippen molar-refractivity contribution in [3.8, 4) is 101 Å². The molecule has 0 saturated carbocycles. The summed E-state index contributed by atoms with van der Waals surface area (Å²) < 4.78 is 18.1. The molecule has 0 bridgehead atoms. The summed E-state index contributed by atoms with van der Waals surface area (Å²) in [6, 6.07) is 124. The normalized spacial score (nSPS) is 12.3. The highest BCUT2D eigenvalue weighted by Crippen LogP contribution is 2.52. The first-order valence-electron chi connectivity index (χ1n) is 37.8. The molecule has 23 rings (SSSR count). The third-order valence-corrected chi connectivity index (χ3v) is 22.0. The predicted octanol–water partition coefficient (Wildman–Crippen LogP) is 27.4. The predicted molar refractivity (Wildman–Crippen MR) is 459 cm³/mol. The third kappa shape index (κ3) is 11.5. The fraction of sp³-hybridized carbons (Fsp3) is 0.0291. The lowest BCUT2D eigenvalue weighted by atomic mass is 9.81. The number of fused-ring (bicyclic) bond motifs is 16. The molecule has 0 fully saturated rings. The van der Waals surface area contributed by atoms with Gasteiger partial charge in [-0.2, -0.15) is 0 Å². The van der Waals surface area contributed by atoms with Gasteiger partial charge < -0.3 is 13.3 Å². The lowest BCUT2D eigenvalue weighted by Gasteiger charge is -2.22. The van der Waals surface area contributed by atoms with Crippen LogP contribution in [0.2, 0.25) is 0 Å². The molecule has 1 aliphatic rings. The summed E-state index contributed by atoms with van der Waals surface area (Å²) in [6.07, 6.45) is 1.86. The lowest BCUT2D eigenvalue weighted by molar-refractivity contribution is 0.661. The van der Waals surface area contributed by atoms with Crippen molar-refractivity contribution in [1.82, 2.24) is 29.9 Å². The Hall–Kier alpha value is -14.8. The number of furan rings is 3. The van der Waals surface area contributed by atoms with Crippen LogP contribution in [0.25, 0.3) is 210 Å². The summed E-state index contributed by atoms with van der Waals surface area (Å²) >= 11 is 0. The molecule has 1 aliphatic carbocycles. The standard InChI is InChI=1S/C39H26N2O.2C32H20N2O/c1-39(2)32-21-26(13-15-27(32)30-18-23-8-3-4-9-24(23)20-33(30)39)38-29-11-7-17-40-35(29)22-34(41-38)25-14-16-37-31(19-25)28-10-5-6-12-36(28)42-37;1-3-10-21(11-4-1)30-31(22-12-5-2-6-13-22)34-32-24(15-9-16-27(32)33-30)23-18-19-29-26(20-23)25-14-7-8-17-28(25)35-29;1-3-9-21(10-4-1)31-32(22-11-5-2-6-12-22)34-28-20-24(15-17-27(28)33-31)23-16-18-30-26(19-23)25-13-7-8-14-29(25)35-30/h3-22H,1-2H3;2*1-20H. The number of pyridine rings is 2. The van der Waals surface area contributed by atoms with Gasteiger partial charge in [0.2, 0.25) is 0 Å². The molecule has 0 aliphatic heterocycles. The monoisotopic (exact) mass is 1430 g/mol. The molecule has 7 aromatic heterocycles.